The van der Waals surface area contributed by atoms with E-state index < -0.39 is 11.5 Å². The van der Waals surface area contributed by atoms with E-state index in [-0.39, 0.29) is 0 Å². The van der Waals surface area contributed by atoms with Crippen molar-refractivity contribution in [2.24, 2.45) is 0 Å². The molecule has 0 saturated carbocycles. The SMILES string of the molecule is CCC1(C(=O)O)CCCN1Cc1cc(C)no1. The van der Waals surface area contributed by atoms with Crippen LogP contribution in [-0.4, -0.2) is 33.2 Å². The zero-order chi connectivity index (χ0) is 12.5. The van der Waals surface area contributed by atoms with Gasteiger partial charge in [0.1, 0.15) is 5.54 Å². The molecule has 1 N–H and O–H groups in total. The lowest BCUT2D eigenvalue weighted by Crippen LogP contribution is -2.49. The molecule has 5 heteroatoms. The van der Waals surface area contributed by atoms with Crippen molar-refractivity contribution in [2.45, 2.75) is 45.2 Å². The van der Waals surface area contributed by atoms with Crippen molar-refractivity contribution in [2.75, 3.05) is 6.54 Å². The number of carboxylic acid groups (broad SMARTS) is 1. The predicted molar refractivity (Wildman–Crippen MR) is 61.5 cm³/mol. The van der Waals surface area contributed by atoms with Gasteiger partial charge in [0.05, 0.1) is 12.2 Å². The van der Waals surface area contributed by atoms with Crippen LogP contribution in [0.25, 0.3) is 0 Å². The normalized spacial score (nSPS) is 25.3. The Labute approximate surface area is 100 Å². The monoisotopic (exact) mass is 238 g/mol. The standard InChI is InChI=1S/C12H18N2O3/c1-3-12(11(15)16)5-4-6-14(12)8-10-7-9(2)13-17-10/h7H,3-6,8H2,1-2H3,(H,15,16). The molecule has 0 radical (unpaired) electrons. The van der Waals surface area contributed by atoms with Crippen LogP contribution in [0.2, 0.25) is 0 Å². The Hall–Kier alpha value is -1.36. The molecule has 0 amide bonds. The van der Waals surface area contributed by atoms with Gasteiger partial charge in [0.2, 0.25) is 0 Å². The number of nitrogens with zero attached hydrogens (tertiary/aromatic N) is 2. The summed E-state index contributed by atoms with van der Waals surface area (Å²) in [5.41, 5.74) is 0.109. The van der Waals surface area contributed by atoms with Crippen LogP contribution in [0.1, 0.15) is 37.6 Å². The van der Waals surface area contributed by atoms with Crippen molar-refractivity contribution in [1.82, 2.24) is 10.1 Å². The maximum Gasteiger partial charge on any atom is 0.324 e. The molecule has 1 saturated heterocycles. The molecule has 1 unspecified atom stereocenters. The number of carboxylic acids is 1. The minimum absolute atomic E-state index is 0.529. The van der Waals surface area contributed by atoms with Crippen molar-refractivity contribution < 1.29 is 14.4 Å². The summed E-state index contributed by atoms with van der Waals surface area (Å²) in [6.07, 6.45) is 2.26. The van der Waals surface area contributed by atoms with Gasteiger partial charge >= 0.3 is 5.97 Å². The van der Waals surface area contributed by atoms with Gasteiger partial charge in [-0.1, -0.05) is 12.1 Å². The van der Waals surface area contributed by atoms with E-state index in [1.54, 1.807) is 0 Å². The van der Waals surface area contributed by atoms with Crippen LogP contribution >= 0.6 is 0 Å². The minimum Gasteiger partial charge on any atom is -0.480 e. The average molecular weight is 238 g/mol. The van der Waals surface area contributed by atoms with Crippen LogP contribution in [0.5, 0.6) is 0 Å². The highest BCUT2D eigenvalue weighted by molar-refractivity contribution is 5.79. The molecule has 1 aliphatic rings. The lowest BCUT2D eigenvalue weighted by molar-refractivity contribution is -0.150. The topological polar surface area (TPSA) is 66.6 Å². The lowest BCUT2D eigenvalue weighted by Gasteiger charge is -2.32. The van der Waals surface area contributed by atoms with Gasteiger partial charge in [-0.2, -0.15) is 0 Å². The molecule has 2 rings (SSSR count). The highest BCUT2D eigenvalue weighted by atomic mass is 16.5. The second-order valence-corrected chi connectivity index (χ2v) is 4.65. The molecular weight excluding hydrogens is 220 g/mol. The van der Waals surface area contributed by atoms with E-state index in [9.17, 15) is 9.90 Å². The first kappa shape index (κ1) is 12.1. The molecule has 1 fully saturated rings. The van der Waals surface area contributed by atoms with Crippen LogP contribution in [0, 0.1) is 6.92 Å². The first-order valence-corrected chi connectivity index (χ1v) is 5.99. The van der Waals surface area contributed by atoms with E-state index in [0.29, 0.717) is 19.4 Å². The van der Waals surface area contributed by atoms with Crippen molar-refractivity contribution >= 4 is 5.97 Å². The number of carbonyl (C=O) groups is 1. The number of aromatic nitrogens is 1. The molecule has 1 aromatic rings. The third-order valence-corrected chi connectivity index (χ3v) is 3.63. The summed E-state index contributed by atoms with van der Waals surface area (Å²) in [6, 6.07) is 1.86. The smallest absolute Gasteiger partial charge is 0.324 e. The van der Waals surface area contributed by atoms with Crippen LogP contribution in [0.4, 0.5) is 0 Å². The van der Waals surface area contributed by atoms with Gasteiger partial charge in [0, 0.05) is 6.07 Å². The fourth-order valence-electron chi connectivity index (χ4n) is 2.64. The molecule has 1 aliphatic heterocycles. The van der Waals surface area contributed by atoms with E-state index in [1.807, 2.05) is 24.8 Å². The summed E-state index contributed by atoms with van der Waals surface area (Å²) in [6.45, 7) is 5.13. The van der Waals surface area contributed by atoms with Crippen molar-refractivity contribution in [3.8, 4) is 0 Å². The zero-order valence-electron chi connectivity index (χ0n) is 10.3. The molecule has 1 atom stereocenters. The third kappa shape index (κ3) is 2.07. The first-order valence-electron chi connectivity index (χ1n) is 5.99. The Morgan fingerprint density at radius 3 is 3.00 bits per heavy atom. The molecule has 17 heavy (non-hydrogen) atoms. The maximum absolute atomic E-state index is 11.5. The zero-order valence-corrected chi connectivity index (χ0v) is 10.3. The van der Waals surface area contributed by atoms with Crippen molar-refractivity contribution in [1.29, 1.82) is 0 Å². The number of rotatable bonds is 4. The van der Waals surface area contributed by atoms with Crippen LogP contribution in [0.3, 0.4) is 0 Å². The van der Waals surface area contributed by atoms with Gasteiger partial charge in [-0.3, -0.25) is 9.69 Å². The maximum atomic E-state index is 11.5. The van der Waals surface area contributed by atoms with Gasteiger partial charge in [0.25, 0.3) is 0 Å². The molecular formula is C12H18N2O3. The second kappa shape index (κ2) is 4.49. The average Bonchev–Trinajstić information content (AvgIpc) is 2.86. The first-order chi connectivity index (χ1) is 8.08. The number of likely N-dealkylation sites (tertiary alicyclic amines) is 1. The number of hydrogen-bond donors (Lipinski definition) is 1. The number of hydrogen-bond acceptors (Lipinski definition) is 4. The Bertz CT molecular complexity index is 416. The third-order valence-electron chi connectivity index (χ3n) is 3.63. The van der Waals surface area contributed by atoms with E-state index >= 15 is 0 Å². The quantitative estimate of drug-likeness (QED) is 0.866. The Morgan fingerprint density at radius 2 is 2.47 bits per heavy atom. The van der Waals surface area contributed by atoms with Gasteiger partial charge < -0.3 is 9.63 Å². The number of aliphatic carboxylic acids is 1. The molecule has 94 valence electrons. The summed E-state index contributed by atoms with van der Waals surface area (Å²) >= 11 is 0. The van der Waals surface area contributed by atoms with Crippen LogP contribution in [-0.2, 0) is 11.3 Å². The van der Waals surface area contributed by atoms with Crippen molar-refractivity contribution in [3.63, 3.8) is 0 Å². The highest BCUT2D eigenvalue weighted by Crippen LogP contribution is 2.34. The molecule has 1 aromatic heterocycles. The Morgan fingerprint density at radius 1 is 1.71 bits per heavy atom. The van der Waals surface area contributed by atoms with Gasteiger partial charge in [-0.25, -0.2) is 0 Å². The fraction of sp³-hybridized carbons (Fsp3) is 0.667. The fourth-order valence-corrected chi connectivity index (χ4v) is 2.64. The van der Waals surface area contributed by atoms with Gasteiger partial charge in [-0.05, 0) is 32.7 Å². The van der Waals surface area contributed by atoms with E-state index in [1.165, 1.54) is 0 Å². The summed E-state index contributed by atoms with van der Waals surface area (Å²) in [5.74, 6) is 0.0113. The lowest BCUT2D eigenvalue weighted by atomic mass is 9.93. The minimum atomic E-state index is -0.728. The highest BCUT2D eigenvalue weighted by Gasteiger charge is 2.46. The van der Waals surface area contributed by atoms with Gasteiger partial charge in [0.15, 0.2) is 5.76 Å². The predicted octanol–water partition coefficient (Wildman–Crippen LogP) is 1.81. The largest absolute Gasteiger partial charge is 0.480 e. The van der Waals surface area contributed by atoms with Gasteiger partial charge in [-0.15, -0.1) is 0 Å². The van der Waals surface area contributed by atoms with Crippen LogP contribution in [0.15, 0.2) is 10.6 Å². The molecule has 0 aliphatic carbocycles. The van der Waals surface area contributed by atoms with E-state index in [2.05, 4.69) is 5.16 Å². The number of aryl methyl sites for hydroxylation is 1. The second-order valence-electron chi connectivity index (χ2n) is 4.65. The van der Waals surface area contributed by atoms with E-state index in [4.69, 9.17) is 4.52 Å². The Balaban J connectivity index is 2.17. The molecule has 0 spiro atoms. The molecule has 0 aromatic carbocycles. The molecule has 2 heterocycles. The van der Waals surface area contributed by atoms with Crippen LogP contribution < -0.4 is 0 Å². The van der Waals surface area contributed by atoms with E-state index in [0.717, 1.165) is 24.4 Å². The van der Waals surface area contributed by atoms with Crippen molar-refractivity contribution in [3.05, 3.63) is 17.5 Å². The molecule has 0 bridgehead atoms. The summed E-state index contributed by atoms with van der Waals surface area (Å²) in [5, 5.41) is 13.3. The summed E-state index contributed by atoms with van der Waals surface area (Å²) < 4.78 is 5.16. The summed E-state index contributed by atoms with van der Waals surface area (Å²) in [7, 11) is 0. The summed E-state index contributed by atoms with van der Waals surface area (Å²) in [4.78, 5) is 13.5. The molecule has 5 nitrogen and oxygen atoms in total. The Kier molecular flexibility index (Phi) is 3.19.